The fourth-order valence-corrected chi connectivity index (χ4v) is 0.415. The number of ether oxygens (including phenoxy) is 1. The molecule has 0 aliphatic rings. The maximum absolute atomic E-state index is 8.27. The van der Waals surface area contributed by atoms with E-state index in [0.717, 1.165) is 0 Å². The molecule has 1 aromatic rings. The summed E-state index contributed by atoms with van der Waals surface area (Å²) in [5.41, 5.74) is 0. The van der Waals surface area contributed by atoms with E-state index in [0.29, 0.717) is 0 Å². The van der Waals surface area contributed by atoms with Gasteiger partial charge in [-0.1, -0.05) is 0 Å². The lowest BCUT2D eigenvalue weighted by Crippen LogP contribution is -2.01. The number of rotatable bonds is 3. The minimum absolute atomic E-state index is 0.0254. The van der Waals surface area contributed by atoms with Crippen LogP contribution in [0.1, 0.15) is 0 Å². The van der Waals surface area contributed by atoms with Crippen LogP contribution in [0.3, 0.4) is 0 Å². The normalized spacial score (nSPS) is 9.44. The molecule has 0 aliphatic heterocycles. The van der Waals surface area contributed by atoms with Gasteiger partial charge >= 0.3 is 6.08 Å². The molecule has 0 aliphatic carbocycles. The molecular formula is C5H7NO3. The number of hydrogen-bond acceptors (Lipinski definition) is 4. The third kappa shape index (κ3) is 1.73. The highest BCUT2D eigenvalue weighted by atomic mass is 16.6. The number of aromatic nitrogens is 1. The van der Waals surface area contributed by atoms with Gasteiger partial charge in [-0.25, -0.2) is 0 Å². The molecule has 0 saturated carbocycles. The van der Waals surface area contributed by atoms with Crippen molar-refractivity contribution in [2.75, 3.05) is 13.2 Å². The van der Waals surface area contributed by atoms with E-state index >= 15 is 0 Å². The topological polar surface area (TPSA) is 55.5 Å². The summed E-state index contributed by atoms with van der Waals surface area (Å²) in [6, 6.07) is 0. The zero-order valence-electron chi connectivity index (χ0n) is 4.78. The lowest BCUT2D eigenvalue weighted by molar-refractivity contribution is 0.165. The molecule has 0 atom stereocenters. The zero-order chi connectivity index (χ0) is 6.53. The third-order valence-electron chi connectivity index (χ3n) is 0.726. The molecule has 0 fully saturated rings. The van der Waals surface area contributed by atoms with Gasteiger partial charge in [-0.3, -0.25) is 0 Å². The van der Waals surface area contributed by atoms with Crippen molar-refractivity contribution < 1.29 is 14.3 Å². The fourth-order valence-electron chi connectivity index (χ4n) is 0.415. The number of aliphatic hydroxyl groups excluding tert-OH is 1. The molecule has 4 nitrogen and oxygen atoms in total. The molecule has 1 N–H and O–H groups in total. The predicted octanol–water partition coefficient (Wildman–Crippen LogP) is 0.0457. The summed E-state index contributed by atoms with van der Waals surface area (Å²) in [4.78, 5) is 3.65. The highest BCUT2D eigenvalue weighted by Crippen LogP contribution is 2.02. The summed E-state index contributed by atoms with van der Waals surface area (Å²) in [7, 11) is 0. The predicted molar refractivity (Wildman–Crippen MR) is 29.1 cm³/mol. The monoisotopic (exact) mass is 129 g/mol. The Kier molecular flexibility index (Phi) is 2.09. The molecule has 0 radical (unpaired) electrons. The summed E-state index contributed by atoms with van der Waals surface area (Å²) in [6.45, 7) is 0.197. The van der Waals surface area contributed by atoms with Gasteiger partial charge in [0.05, 0.1) is 12.8 Å². The molecule has 4 heteroatoms. The van der Waals surface area contributed by atoms with E-state index < -0.39 is 0 Å². The minimum atomic E-state index is -0.0254. The van der Waals surface area contributed by atoms with E-state index in [1.807, 2.05) is 0 Å². The maximum atomic E-state index is 8.27. The van der Waals surface area contributed by atoms with Gasteiger partial charge in [0.15, 0.2) is 0 Å². The first-order chi connectivity index (χ1) is 4.43. The Bertz CT molecular complexity index is 149. The van der Waals surface area contributed by atoms with Crippen molar-refractivity contribution in [3.63, 3.8) is 0 Å². The van der Waals surface area contributed by atoms with Crippen LogP contribution in [0.15, 0.2) is 16.9 Å². The van der Waals surface area contributed by atoms with Crippen molar-refractivity contribution in [1.82, 2.24) is 4.98 Å². The zero-order valence-corrected chi connectivity index (χ0v) is 4.78. The van der Waals surface area contributed by atoms with Gasteiger partial charge in [0, 0.05) is 0 Å². The van der Waals surface area contributed by atoms with Crippen molar-refractivity contribution >= 4 is 0 Å². The van der Waals surface area contributed by atoms with Gasteiger partial charge < -0.3 is 14.3 Å². The van der Waals surface area contributed by atoms with Crippen molar-refractivity contribution in [3.8, 4) is 6.08 Å². The Balaban J connectivity index is 2.30. The van der Waals surface area contributed by atoms with E-state index in [4.69, 9.17) is 14.3 Å². The van der Waals surface area contributed by atoms with E-state index in [1.54, 1.807) is 0 Å². The van der Waals surface area contributed by atoms with Crippen LogP contribution in [0.4, 0.5) is 0 Å². The summed E-state index contributed by atoms with van der Waals surface area (Å²) in [5.74, 6) is 0. The van der Waals surface area contributed by atoms with Gasteiger partial charge in [-0.2, -0.15) is 4.98 Å². The maximum Gasteiger partial charge on any atom is 0.393 e. The average Bonchev–Trinajstić information content (AvgIpc) is 2.34. The summed E-state index contributed by atoms with van der Waals surface area (Å²) >= 11 is 0. The van der Waals surface area contributed by atoms with Crippen molar-refractivity contribution in [3.05, 3.63) is 12.5 Å². The van der Waals surface area contributed by atoms with Crippen LogP contribution in [-0.2, 0) is 0 Å². The van der Waals surface area contributed by atoms with Crippen LogP contribution in [0.25, 0.3) is 0 Å². The summed E-state index contributed by atoms with van der Waals surface area (Å²) in [5, 5.41) is 8.27. The van der Waals surface area contributed by atoms with E-state index in [2.05, 4.69) is 4.98 Å². The van der Waals surface area contributed by atoms with Crippen molar-refractivity contribution in [2.45, 2.75) is 0 Å². The van der Waals surface area contributed by atoms with Crippen LogP contribution >= 0.6 is 0 Å². The second-order valence-corrected chi connectivity index (χ2v) is 1.37. The third-order valence-corrected chi connectivity index (χ3v) is 0.726. The number of hydrogen-bond donors (Lipinski definition) is 1. The fraction of sp³-hybridized carbons (Fsp3) is 0.400. The van der Waals surface area contributed by atoms with Gasteiger partial charge in [0.25, 0.3) is 0 Å². The number of aliphatic hydroxyl groups is 1. The number of oxazole rings is 1. The van der Waals surface area contributed by atoms with Crippen LogP contribution in [-0.4, -0.2) is 23.3 Å². The van der Waals surface area contributed by atoms with Gasteiger partial charge in [-0.15, -0.1) is 0 Å². The molecule has 0 bridgehead atoms. The second kappa shape index (κ2) is 3.09. The first-order valence-corrected chi connectivity index (χ1v) is 2.56. The average molecular weight is 129 g/mol. The van der Waals surface area contributed by atoms with Gasteiger partial charge in [-0.05, 0) is 0 Å². The Hall–Kier alpha value is -1.03. The minimum Gasteiger partial charge on any atom is -0.448 e. The Morgan fingerprint density at radius 2 is 2.67 bits per heavy atom. The summed E-state index contributed by atoms with van der Waals surface area (Å²) < 4.78 is 9.46. The van der Waals surface area contributed by atoms with Crippen molar-refractivity contribution in [1.29, 1.82) is 0 Å². The molecule has 50 valence electrons. The molecular weight excluding hydrogens is 122 g/mol. The standard InChI is InChI=1S/C5H7NO3/c7-2-4-9-5-6-1-3-8-5/h1,3,7H,2,4H2. The molecule has 0 aromatic carbocycles. The molecule has 0 saturated heterocycles. The Morgan fingerprint density at radius 3 is 3.22 bits per heavy atom. The molecule has 0 spiro atoms. The second-order valence-electron chi connectivity index (χ2n) is 1.37. The largest absolute Gasteiger partial charge is 0.448 e. The molecule has 1 rings (SSSR count). The van der Waals surface area contributed by atoms with Crippen LogP contribution < -0.4 is 4.74 Å². The molecule has 0 unspecified atom stereocenters. The lowest BCUT2D eigenvalue weighted by atomic mass is 10.8. The lowest BCUT2D eigenvalue weighted by Gasteiger charge is -1.93. The first kappa shape index (κ1) is 6.10. The molecule has 1 aromatic heterocycles. The molecule has 1 heterocycles. The first-order valence-electron chi connectivity index (χ1n) is 2.56. The van der Waals surface area contributed by atoms with E-state index in [-0.39, 0.29) is 19.3 Å². The Morgan fingerprint density at radius 1 is 1.78 bits per heavy atom. The SMILES string of the molecule is OCCOc1ncco1. The summed E-state index contributed by atoms with van der Waals surface area (Å²) in [6.07, 6.45) is 3.09. The number of nitrogens with zero attached hydrogens (tertiary/aromatic N) is 1. The molecule has 9 heavy (non-hydrogen) atoms. The Labute approximate surface area is 52.1 Å². The van der Waals surface area contributed by atoms with Gasteiger partial charge in [0.1, 0.15) is 12.9 Å². The quantitative estimate of drug-likeness (QED) is 0.626. The van der Waals surface area contributed by atoms with E-state index in [9.17, 15) is 0 Å². The van der Waals surface area contributed by atoms with Crippen LogP contribution in [0, 0.1) is 0 Å². The van der Waals surface area contributed by atoms with Gasteiger partial charge in [0.2, 0.25) is 0 Å². The van der Waals surface area contributed by atoms with Crippen LogP contribution in [0.5, 0.6) is 6.08 Å². The van der Waals surface area contributed by atoms with Crippen LogP contribution in [0.2, 0.25) is 0 Å². The molecule has 0 amide bonds. The highest BCUT2D eigenvalue weighted by Gasteiger charge is 1.93. The van der Waals surface area contributed by atoms with Crippen molar-refractivity contribution in [2.24, 2.45) is 0 Å². The smallest absolute Gasteiger partial charge is 0.393 e. The highest BCUT2D eigenvalue weighted by molar-refractivity contribution is 4.83. The van der Waals surface area contributed by atoms with E-state index in [1.165, 1.54) is 12.5 Å².